The summed E-state index contributed by atoms with van der Waals surface area (Å²) >= 11 is 0. The van der Waals surface area contributed by atoms with E-state index in [9.17, 15) is 4.79 Å². The van der Waals surface area contributed by atoms with Gasteiger partial charge in [0.15, 0.2) is 0 Å². The Labute approximate surface area is 105 Å². The van der Waals surface area contributed by atoms with Crippen molar-refractivity contribution in [2.45, 2.75) is 39.2 Å². The second-order valence-electron chi connectivity index (χ2n) is 5.17. The molecule has 0 aliphatic carbocycles. The monoisotopic (exact) mass is 242 g/mol. The van der Waals surface area contributed by atoms with Crippen LogP contribution in [-0.2, 0) is 9.53 Å². The third-order valence-electron chi connectivity index (χ3n) is 3.07. The first-order valence-electron chi connectivity index (χ1n) is 6.67. The van der Waals surface area contributed by atoms with E-state index in [0.717, 1.165) is 45.5 Å². The topological polar surface area (TPSA) is 41.6 Å². The van der Waals surface area contributed by atoms with Crippen LogP contribution in [0.15, 0.2) is 0 Å². The van der Waals surface area contributed by atoms with Gasteiger partial charge in [0.1, 0.15) is 0 Å². The molecule has 0 saturated carbocycles. The Morgan fingerprint density at radius 1 is 1.53 bits per heavy atom. The molecule has 4 heteroatoms. The van der Waals surface area contributed by atoms with E-state index in [0.29, 0.717) is 0 Å². The average Bonchev–Trinajstić information content (AvgIpc) is 2.28. The van der Waals surface area contributed by atoms with Gasteiger partial charge in [0.2, 0.25) is 5.91 Å². The van der Waals surface area contributed by atoms with Gasteiger partial charge in [-0.15, -0.1) is 0 Å². The van der Waals surface area contributed by atoms with E-state index in [1.807, 2.05) is 13.8 Å². The van der Waals surface area contributed by atoms with Gasteiger partial charge < -0.3 is 15.0 Å². The molecule has 1 fully saturated rings. The number of hydrogen-bond donors (Lipinski definition) is 1. The predicted molar refractivity (Wildman–Crippen MR) is 68.9 cm³/mol. The van der Waals surface area contributed by atoms with Gasteiger partial charge in [-0.3, -0.25) is 4.79 Å². The van der Waals surface area contributed by atoms with E-state index >= 15 is 0 Å². The summed E-state index contributed by atoms with van der Waals surface area (Å²) in [4.78, 5) is 14.1. The van der Waals surface area contributed by atoms with Gasteiger partial charge in [-0.05, 0) is 46.7 Å². The number of hydrogen-bond acceptors (Lipinski definition) is 3. The molecule has 0 bridgehead atoms. The summed E-state index contributed by atoms with van der Waals surface area (Å²) in [6.45, 7) is 7.52. The lowest BCUT2D eigenvalue weighted by Crippen LogP contribution is -2.41. The third kappa shape index (κ3) is 6.03. The van der Waals surface area contributed by atoms with Gasteiger partial charge >= 0.3 is 0 Å². The minimum absolute atomic E-state index is 0.180. The van der Waals surface area contributed by atoms with Crippen LogP contribution in [0.3, 0.4) is 0 Å². The third-order valence-corrected chi connectivity index (χ3v) is 3.07. The molecule has 0 radical (unpaired) electrons. The second kappa shape index (κ2) is 7.67. The van der Waals surface area contributed by atoms with Crippen molar-refractivity contribution in [1.82, 2.24) is 10.2 Å². The summed E-state index contributed by atoms with van der Waals surface area (Å²) in [5.74, 6) is 0.390. The van der Waals surface area contributed by atoms with Crippen LogP contribution in [-0.4, -0.2) is 50.2 Å². The van der Waals surface area contributed by atoms with Crippen LogP contribution in [0.25, 0.3) is 0 Å². The Morgan fingerprint density at radius 3 is 2.94 bits per heavy atom. The van der Waals surface area contributed by atoms with Crippen molar-refractivity contribution >= 4 is 5.91 Å². The van der Waals surface area contributed by atoms with Crippen LogP contribution in [0.5, 0.6) is 0 Å². The van der Waals surface area contributed by atoms with Gasteiger partial charge in [0, 0.05) is 19.7 Å². The van der Waals surface area contributed by atoms with Gasteiger partial charge in [-0.25, -0.2) is 0 Å². The second-order valence-corrected chi connectivity index (χ2v) is 5.17. The quantitative estimate of drug-likeness (QED) is 0.713. The molecule has 1 aliphatic heterocycles. The van der Waals surface area contributed by atoms with E-state index in [1.165, 1.54) is 0 Å². The van der Waals surface area contributed by atoms with Crippen molar-refractivity contribution in [2.75, 3.05) is 33.3 Å². The number of ether oxygens (including phenoxy) is 1. The summed E-state index contributed by atoms with van der Waals surface area (Å²) < 4.78 is 5.43. The van der Waals surface area contributed by atoms with Crippen LogP contribution >= 0.6 is 0 Å². The highest BCUT2D eigenvalue weighted by Crippen LogP contribution is 2.14. The molecule has 1 atom stereocenters. The van der Waals surface area contributed by atoms with Crippen LogP contribution in [0.2, 0.25) is 0 Å². The Kier molecular flexibility index (Phi) is 6.52. The molecule has 1 saturated heterocycles. The summed E-state index contributed by atoms with van der Waals surface area (Å²) in [5, 5.41) is 3.00. The summed E-state index contributed by atoms with van der Waals surface area (Å²) in [7, 11) is 2.08. The van der Waals surface area contributed by atoms with E-state index in [2.05, 4.69) is 17.3 Å². The molecule has 4 nitrogen and oxygen atoms in total. The van der Waals surface area contributed by atoms with Crippen LogP contribution in [0.1, 0.15) is 33.1 Å². The van der Waals surface area contributed by atoms with E-state index in [-0.39, 0.29) is 17.9 Å². The molecular formula is C13H26N2O2. The highest BCUT2D eigenvalue weighted by atomic mass is 16.5. The fourth-order valence-corrected chi connectivity index (χ4v) is 2.13. The fraction of sp³-hybridized carbons (Fsp3) is 0.923. The first-order valence-corrected chi connectivity index (χ1v) is 6.67. The zero-order valence-electron chi connectivity index (χ0n) is 11.4. The van der Waals surface area contributed by atoms with Gasteiger partial charge in [0.25, 0.3) is 0 Å². The highest BCUT2D eigenvalue weighted by Gasteiger charge is 2.23. The Morgan fingerprint density at radius 2 is 2.29 bits per heavy atom. The smallest absolute Gasteiger partial charge is 0.224 e. The molecule has 1 amide bonds. The molecule has 0 spiro atoms. The minimum atomic E-state index is 0.180. The number of nitrogens with zero attached hydrogens (tertiary/aromatic N) is 1. The van der Waals surface area contributed by atoms with Crippen molar-refractivity contribution in [1.29, 1.82) is 0 Å². The lowest BCUT2D eigenvalue weighted by atomic mass is 9.97. The predicted octanol–water partition coefficient (Wildman–Crippen LogP) is 1.26. The Bertz CT molecular complexity index is 231. The minimum Gasteiger partial charge on any atom is -0.379 e. The molecular weight excluding hydrogens is 216 g/mol. The maximum Gasteiger partial charge on any atom is 0.224 e. The highest BCUT2D eigenvalue weighted by molar-refractivity contribution is 5.78. The largest absolute Gasteiger partial charge is 0.379 e. The fourth-order valence-electron chi connectivity index (χ4n) is 2.13. The number of nitrogens with one attached hydrogen (secondary N) is 1. The molecule has 1 unspecified atom stereocenters. The molecule has 17 heavy (non-hydrogen) atoms. The van der Waals surface area contributed by atoms with Crippen molar-refractivity contribution in [2.24, 2.45) is 5.92 Å². The van der Waals surface area contributed by atoms with Crippen LogP contribution in [0, 0.1) is 5.92 Å². The molecule has 1 rings (SSSR count). The average molecular weight is 242 g/mol. The molecule has 0 aromatic heterocycles. The standard InChI is InChI=1S/C13H26N2O2/c1-11(2)17-9-5-7-14-13(16)12-6-4-8-15(3)10-12/h11-12H,4-10H2,1-3H3,(H,14,16). The summed E-state index contributed by atoms with van der Waals surface area (Å²) in [6.07, 6.45) is 3.33. The molecule has 100 valence electrons. The number of piperidine rings is 1. The zero-order chi connectivity index (χ0) is 12.7. The van der Waals surface area contributed by atoms with Crippen LogP contribution < -0.4 is 5.32 Å². The Hall–Kier alpha value is -0.610. The number of amides is 1. The van der Waals surface area contributed by atoms with Gasteiger partial charge in [-0.2, -0.15) is 0 Å². The van der Waals surface area contributed by atoms with Crippen molar-refractivity contribution < 1.29 is 9.53 Å². The lowest BCUT2D eigenvalue weighted by Gasteiger charge is -2.28. The zero-order valence-corrected chi connectivity index (χ0v) is 11.4. The first kappa shape index (κ1) is 14.5. The lowest BCUT2D eigenvalue weighted by molar-refractivity contribution is -0.126. The molecule has 0 aromatic rings. The van der Waals surface area contributed by atoms with E-state index in [1.54, 1.807) is 0 Å². The van der Waals surface area contributed by atoms with Crippen LogP contribution in [0.4, 0.5) is 0 Å². The van der Waals surface area contributed by atoms with Crippen molar-refractivity contribution in [3.8, 4) is 0 Å². The van der Waals surface area contributed by atoms with Crippen molar-refractivity contribution in [3.63, 3.8) is 0 Å². The number of likely N-dealkylation sites (tertiary alicyclic amines) is 1. The first-order chi connectivity index (χ1) is 8.09. The molecule has 0 aromatic carbocycles. The molecule has 1 aliphatic rings. The SMILES string of the molecule is CC(C)OCCCNC(=O)C1CCCN(C)C1. The van der Waals surface area contributed by atoms with Crippen molar-refractivity contribution in [3.05, 3.63) is 0 Å². The number of rotatable bonds is 6. The van der Waals surface area contributed by atoms with E-state index < -0.39 is 0 Å². The van der Waals surface area contributed by atoms with Gasteiger partial charge in [0.05, 0.1) is 12.0 Å². The number of carbonyl (C=O) groups is 1. The maximum absolute atomic E-state index is 11.9. The summed E-state index contributed by atoms with van der Waals surface area (Å²) in [6, 6.07) is 0. The Balaban J connectivity index is 2.08. The normalized spacial score (nSPS) is 21.8. The van der Waals surface area contributed by atoms with E-state index in [4.69, 9.17) is 4.74 Å². The maximum atomic E-state index is 11.9. The molecule has 1 heterocycles. The summed E-state index contributed by atoms with van der Waals surface area (Å²) in [5.41, 5.74) is 0. The molecule has 1 N–H and O–H groups in total. The van der Waals surface area contributed by atoms with Gasteiger partial charge in [-0.1, -0.05) is 0 Å². The number of carbonyl (C=O) groups excluding carboxylic acids is 1.